The molecule has 1 aromatic rings. The first-order chi connectivity index (χ1) is 11.3. The van der Waals surface area contributed by atoms with Crippen molar-refractivity contribution in [2.45, 2.75) is 57.9 Å². The number of fused-ring (bicyclic) bond motifs is 1. The van der Waals surface area contributed by atoms with E-state index in [9.17, 15) is 14.7 Å². The highest BCUT2D eigenvalue weighted by Gasteiger charge is 2.47. The topological polar surface area (TPSA) is 78.9 Å². The van der Waals surface area contributed by atoms with Crippen molar-refractivity contribution in [2.75, 3.05) is 6.54 Å². The van der Waals surface area contributed by atoms with Crippen molar-refractivity contribution in [3.8, 4) is 5.75 Å². The SMILES string of the molecule is CC(=O)NCc1ccc2c(c1)[C@@H](N1CCCC1=O)[C@H](O)C(C)(C)O2. The summed E-state index contributed by atoms with van der Waals surface area (Å²) in [5.41, 5.74) is 0.940. The van der Waals surface area contributed by atoms with Crippen LogP contribution < -0.4 is 10.1 Å². The molecule has 2 heterocycles. The molecule has 0 unspecified atom stereocenters. The van der Waals surface area contributed by atoms with Crippen molar-refractivity contribution in [2.24, 2.45) is 0 Å². The van der Waals surface area contributed by atoms with Crippen LogP contribution in [0.2, 0.25) is 0 Å². The van der Waals surface area contributed by atoms with Gasteiger partial charge >= 0.3 is 0 Å². The molecule has 130 valence electrons. The van der Waals surface area contributed by atoms with Crippen molar-refractivity contribution in [1.29, 1.82) is 0 Å². The van der Waals surface area contributed by atoms with Gasteiger partial charge in [-0.05, 0) is 38.0 Å². The van der Waals surface area contributed by atoms with Gasteiger partial charge in [0.1, 0.15) is 17.5 Å². The summed E-state index contributed by atoms with van der Waals surface area (Å²) in [6, 6.07) is 5.25. The first-order valence-electron chi connectivity index (χ1n) is 8.33. The van der Waals surface area contributed by atoms with Gasteiger partial charge in [0, 0.05) is 32.0 Å². The molecule has 3 rings (SSSR count). The van der Waals surface area contributed by atoms with E-state index < -0.39 is 17.7 Å². The molecule has 2 amide bonds. The molecule has 24 heavy (non-hydrogen) atoms. The molecule has 2 N–H and O–H groups in total. The van der Waals surface area contributed by atoms with E-state index in [4.69, 9.17) is 4.74 Å². The number of hydrogen-bond donors (Lipinski definition) is 2. The molecule has 0 spiro atoms. The highest BCUT2D eigenvalue weighted by molar-refractivity contribution is 5.79. The molecule has 6 heteroatoms. The summed E-state index contributed by atoms with van der Waals surface area (Å²) < 4.78 is 5.96. The fourth-order valence-corrected chi connectivity index (χ4v) is 3.45. The molecule has 2 aliphatic heterocycles. The molecule has 0 radical (unpaired) electrons. The molecule has 2 aliphatic rings. The van der Waals surface area contributed by atoms with Crippen LogP contribution in [-0.4, -0.2) is 40.1 Å². The lowest BCUT2D eigenvalue weighted by atomic mass is 9.85. The van der Waals surface area contributed by atoms with Gasteiger partial charge in [0.05, 0.1) is 6.04 Å². The van der Waals surface area contributed by atoms with Crippen LogP contribution in [0.5, 0.6) is 5.75 Å². The summed E-state index contributed by atoms with van der Waals surface area (Å²) in [7, 11) is 0. The Morgan fingerprint density at radius 3 is 2.83 bits per heavy atom. The third-order valence-corrected chi connectivity index (χ3v) is 4.76. The van der Waals surface area contributed by atoms with Crippen LogP contribution in [0.15, 0.2) is 18.2 Å². The number of aliphatic hydroxyl groups excluding tert-OH is 1. The Bertz CT molecular complexity index is 671. The van der Waals surface area contributed by atoms with Gasteiger partial charge in [0.15, 0.2) is 0 Å². The van der Waals surface area contributed by atoms with Gasteiger partial charge in [-0.2, -0.15) is 0 Å². The van der Waals surface area contributed by atoms with E-state index in [0.717, 1.165) is 17.5 Å². The van der Waals surface area contributed by atoms with Gasteiger partial charge < -0.3 is 20.1 Å². The lowest BCUT2D eigenvalue weighted by molar-refractivity contribution is -0.139. The van der Waals surface area contributed by atoms with E-state index in [1.54, 1.807) is 4.90 Å². The smallest absolute Gasteiger partial charge is 0.223 e. The summed E-state index contributed by atoms with van der Waals surface area (Å²) in [6.07, 6.45) is 0.512. The lowest BCUT2D eigenvalue weighted by Crippen LogP contribution is -2.53. The van der Waals surface area contributed by atoms with Crippen molar-refractivity contribution in [3.05, 3.63) is 29.3 Å². The third kappa shape index (κ3) is 2.98. The first-order valence-corrected chi connectivity index (χ1v) is 8.33. The van der Waals surface area contributed by atoms with E-state index in [-0.39, 0.29) is 11.8 Å². The lowest BCUT2D eigenvalue weighted by Gasteiger charge is -2.45. The summed E-state index contributed by atoms with van der Waals surface area (Å²) in [4.78, 5) is 25.1. The minimum atomic E-state index is -0.817. The Hall–Kier alpha value is -2.08. The van der Waals surface area contributed by atoms with Crippen LogP contribution in [0.4, 0.5) is 0 Å². The van der Waals surface area contributed by atoms with Crippen LogP contribution in [-0.2, 0) is 16.1 Å². The van der Waals surface area contributed by atoms with Crippen LogP contribution in [0.25, 0.3) is 0 Å². The maximum Gasteiger partial charge on any atom is 0.223 e. The Kier molecular flexibility index (Phi) is 4.25. The van der Waals surface area contributed by atoms with Crippen LogP contribution in [0.3, 0.4) is 0 Å². The number of benzene rings is 1. The number of aliphatic hydroxyl groups is 1. The number of likely N-dealkylation sites (tertiary alicyclic amines) is 1. The normalized spacial score (nSPS) is 25.2. The number of ether oxygens (including phenoxy) is 1. The molecule has 0 bridgehead atoms. The zero-order valence-corrected chi connectivity index (χ0v) is 14.3. The summed E-state index contributed by atoms with van der Waals surface area (Å²) >= 11 is 0. The maximum atomic E-state index is 12.3. The molecular formula is C18H24N2O4. The fourth-order valence-electron chi connectivity index (χ4n) is 3.45. The molecule has 0 aromatic heterocycles. The number of nitrogens with zero attached hydrogens (tertiary/aromatic N) is 1. The van der Waals surface area contributed by atoms with Gasteiger partial charge in [-0.1, -0.05) is 6.07 Å². The molecule has 1 aromatic carbocycles. The highest BCUT2D eigenvalue weighted by atomic mass is 16.5. The number of amides is 2. The second-order valence-corrected chi connectivity index (χ2v) is 7.07. The minimum absolute atomic E-state index is 0.0648. The first kappa shape index (κ1) is 16.8. The van der Waals surface area contributed by atoms with E-state index in [0.29, 0.717) is 25.3 Å². The zero-order valence-electron chi connectivity index (χ0n) is 14.3. The van der Waals surface area contributed by atoms with Crippen LogP contribution >= 0.6 is 0 Å². The summed E-state index contributed by atoms with van der Waals surface area (Å²) in [6.45, 7) is 6.19. The van der Waals surface area contributed by atoms with Gasteiger partial charge in [0.2, 0.25) is 11.8 Å². The van der Waals surface area contributed by atoms with Gasteiger partial charge in [-0.15, -0.1) is 0 Å². The molecule has 6 nitrogen and oxygen atoms in total. The average Bonchev–Trinajstić information content (AvgIpc) is 2.92. The number of rotatable bonds is 3. The summed E-state index contributed by atoms with van der Waals surface area (Å²) in [5.74, 6) is 0.646. The molecule has 0 aliphatic carbocycles. The highest BCUT2D eigenvalue weighted by Crippen LogP contribution is 2.44. The fraction of sp³-hybridized carbons (Fsp3) is 0.556. The molecule has 2 atom stereocenters. The number of carbonyl (C=O) groups excluding carboxylic acids is 2. The molecule has 1 fully saturated rings. The van der Waals surface area contributed by atoms with Crippen molar-refractivity contribution >= 4 is 11.8 Å². The molecule has 0 saturated carbocycles. The van der Waals surface area contributed by atoms with Crippen LogP contribution in [0.1, 0.15) is 50.8 Å². The predicted molar refractivity (Wildman–Crippen MR) is 88.4 cm³/mol. The quantitative estimate of drug-likeness (QED) is 0.879. The van der Waals surface area contributed by atoms with Gasteiger partial charge in [-0.25, -0.2) is 0 Å². The predicted octanol–water partition coefficient (Wildman–Crippen LogP) is 1.52. The maximum absolute atomic E-state index is 12.3. The van der Waals surface area contributed by atoms with E-state index >= 15 is 0 Å². The van der Waals surface area contributed by atoms with Gasteiger partial charge in [-0.3, -0.25) is 9.59 Å². The molecule has 1 saturated heterocycles. The number of hydrogen-bond acceptors (Lipinski definition) is 4. The van der Waals surface area contributed by atoms with E-state index in [2.05, 4.69) is 5.32 Å². The monoisotopic (exact) mass is 332 g/mol. The average molecular weight is 332 g/mol. The number of nitrogens with one attached hydrogen (secondary N) is 1. The summed E-state index contributed by atoms with van der Waals surface area (Å²) in [5, 5.41) is 13.6. The van der Waals surface area contributed by atoms with Crippen LogP contribution in [0, 0.1) is 0 Å². The van der Waals surface area contributed by atoms with Gasteiger partial charge in [0.25, 0.3) is 0 Å². The Morgan fingerprint density at radius 1 is 1.46 bits per heavy atom. The second kappa shape index (κ2) is 6.09. The van der Waals surface area contributed by atoms with E-state index in [1.165, 1.54) is 6.92 Å². The zero-order chi connectivity index (χ0) is 17.5. The van der Waals surface area contributed by atoms with Crippen molar-refractivity contribution in [1.82, 2.24) is 10.2 Å². The largest absolute Gasteiger partial charge is 0.485 e. The van der Waals surface area contributed by atoms with Crippen molar-refractivity contribution in [3.63, 3.8) is 0 Å². The standard InChI is InChI=1S/C18H24N2O4/c1-11(21)19-10-12-6-7-14-13(9-12)16(17(23)18(2,3)24-14)20-8-4-5-15(20)22/h6-7,9,16-17,23H,4-5,8,10H2,1-3H3,(H,19,21)/t16-,17+/m1/s1. The van der Waals surface area contributed by atoms with Crippen molar-refractivity contribution < 1.29 is 19.4 Å². The Balaban J connectivity index is 2.00. The minimum Gasteiger partial charge on any atom is -0.485 e. The third-order valence-electron chi connectivity index (χ3n) is 4.76. The Morgan fingerprint density at radius 2 is 2.21 bits per heavy atom. The Labute approximate surface area is 141 Å². The second-order valence-electron chi connectivity index (χ2n) is 7.07. The number of carbonyl (C=O) groups is 2. The molecular weight excluding hydrogens is 308 g/mol. The van der Waals surface area contributed by atoms with E-state index in [1.807, 2.05) is 32.0 Å².